The standard InChI is InChI=1S/C15H14ClN3/c1-3-4-8-12(2)14(17)19-15(16)18-11-13-9-6-5-7-10-13/h3-11,17H,1-2H2/b8-4-,17-14?,18-11?,19-15?. The summed E-state index contributed by atoms with van der Waals surface area (Å²) in [7, 11) is 0. The van der Waals surface area contributed by atoms with Crippen molar-refractivity contribution in [3.8, 4) is 0 Å². The molecule has 0 heterocycles. The number of nitrogens with zero attached hydrogens (tertiary/aromatic N) is 2. The van der Waals surface area contributed by atoms with Crippen LogP contribution in [0, 0.1) is 5.41 Å². The minimum Gasteiger partial charge on any atom is -0.282 e. The predicted molar refractivity (Wildman–Crippen MR) is 83.5 cm³/mol. The van der Waals surface area contributed by atoms with Crippen molar-refractivity contribution in [3.05, 3.63) is 72.9 Å². The largest absolute Gasteiger partial charge is 0.282 e. The monoisotopic (exact) mass is 271 g/mol. The quantitative estimate of drug-likeness (QED) is 0.373. The Morgan fingerprint density at radius 3 is 2.58 bits per heavy atom. The van der Waals surface area contributed by atoms with Gasteiger partial charge in [-0.2, -0.15) is 4.99 Å². The van der Waals surface area contributed by atoms with Crippen LogP contribution in [-0.2, 0) is 0 Å². The van der Waals surface area contributed by atoms with E-state index in [0.717, 1.165) is 5.56 Å². The lowest BCUT2D eigenvalue weighted by atomic mass is 10.2. The van der Waals surface area contributed by atoms with Crippen molar-refractivity contribution >= 4 is 28.9 Å². The summed E-state index contributed by atoms with van der Waals surface area (Å²) >= 11 is 5.83. The smallest absolute Gasteiger partial charge is 0.224 e. The van der Waals surface area contributed by atoms with E-state index in [0.29, 0.717) is 5.57 Å². The molecule has 0 fully saturated rings. The van der Waals surface area contributed by atoms with Gasteiger partial charge in [-0.3, -0.25) is 5.41 Å². The summed E-state index contributed by atoms with van der Waals surface area (Å²) in [5, 5.41) is 7.64. The van der Waals surface area contributed by atoms with Gasteiger partial charge in [0.15, 0.2) is 5.84 Å². The van der Waals surface area contributed by atoms with Crippen molar-refractivity contribution in [1.82, 2.24) is 0 Å². The summed E-state index contributed by atoms with van der Waals surface area (Å²) in [6.45, 7) is 7.22. The second kappa shape index (κ2) is 7.95. The molecule has 1 N–H and O–H groups in total. The highest BCUT2D eigenvalue weighted by Gasteiger charge is 1.98. The molecule has 0 aliphatic heterocycles. The zero-order chi connectivity index (χ0) is 14.1. The van der Waals surface area contributed by atoms with Gasteiger partial charge < -0.3 is 0 Å². The highest BCUT2D eigenvalue weighted by Crippen LogP contribution is 2.01. The van der Waals surface area contributed by atoms with Gasteiger partial charge in [0.05, 0.1) is 0 Å². The van der Waals surface area contributed by atoms with Crippen molar-refractivity contribution in [3.63, 3.8) is 0 Å². The van der Waals surface area contributed by atoms with E-state index in [1.807, 2.05) is 30.3 Å². The zero-order valence-electron chi connectivity index (χ0n) is 10.4. The molecule has 4 heteroatoms. The average Bonchev–Trinajstić information content (AvgIpc) is 2.43. The Balaban J connectivity index is 2.69. The molecule has 1 aromatic rings. The molecular formula is C15H14ClN3. The third-order valence-electron chi connectivity index (χ3n) is 2.06. The van der Waals surface area contributed by atoms with Gasteiger partial charge in [-0.1, -0.05) is 61.7 Å². The van der Waals surface area contributed by atoms with Crippen molar-refractivity contribution in [2.75, 3.05) is 0 Å². The molecule has 0 aliphatic rings. The van der Waals surface area contributed by atoms with Crippen LogP contribution in [0.4, 0.5) is 0 Å². The number of allylic oxidation sites excluding steroid dienone is 2. The highest BCUT2D eigenvalue weighted by atomic mass is 35.5. The number of rotatable bonds is 4. The molecule has 0 radical (unpaired) electrons. The zero-order valence-corrected chi connectivity index (χ0v) is 11.1. The summed E-state index contributed by atoms with van der Waals surface area (Å²) < 4.78 is 0. The lowest BCUT2D eigenvalue weighted by molar-refractivity contribution is 1.43. The second-order valence-corrected chi connectivity index (χ2v) is 3.86. The van der Waals surface area contributed by atoms with Gasteiger partial charge in [0.25, 0.3) is 0 Å². The van der Waals surface area contributed by atoms with Crippen LogP contribution in [0.1, 0.15) is 5.56 Å². The van der Waals surface area contributed by atoms with Crippen molar-refractivity contribution < 1.29 is 0 Å². The Hall–Kier alpha value is -2.26. The van der Waals surface area contributed by atoms with Crippen LogP contribution < -0.4 is 0 Å². The maximum atomic E-state index is 7.66. The van der Waals surface area contributed by atoms with Gasteiger partial charge in [0.1, 0.15) is 0 Å². The second-order valence-electron chi connectivity index (χ2n) is 3.52. The molecule has 1 rings (SSSR count). The Morgan fingerprint density at radius 1 is 1.26 bits per heavy atom. The van der Waals surface area contributed by atoms with Crippen LogP contribution in [0.2, 0.25) is 0 Å². The normalized spacial score (nSPS) is 11.9. The van der Waals surface area contributed by atoms with Crippen LogP contribution in [0.15, 0.2) is 77.3 Å². The average molecular weight is 272 g/mol. The third-order valence-corrected chi connectivity index (χ3v) is 2.24. The van der Waals surface area contributed by atoms with Gasteiger partial charge in [-0.25, -0.2) is 4.99 Å². The summed E-state index contributed by atoms with van der Waals surface area (Å²) in [5.41, 5.74) is 1.35. The van der Waals surface area contributed by atoms with Crippen LogP contribution in [0.5, 0.6) is 0 Å². The molecule has 0 saturated heterocycles. The summed E-state index contributed by atoms with van der Waals surface area (Å²) in [6.07, 6.45) is 6.48. The molecule has 0 aromatic heterocycles. The maximum absolute atomic E-state index is 7.66. The van der Waals surface area contributed by atoms with E-state index in [1.54, 1.807) is 24.4 Å². The first-order valence-corrected chi connectivity index (χ1v) is 5.91. The van der Waals surface area contributed by atoms with E-state index in [4.69, 9.17) is 17.0 Å². The van der Waals surface area contributed by atoms with E-state index < -0.39 is 0 Å². The van der Waals surface area contributed by atoms with Crippen molar-refractivity contribution in [2.24, 2.45) is 9.98 Å². The van der Waals surface area contributed by atoms with Crippen molar-refractivity contribution in [1.29, 1.82) is 5.41 Å². The summed E-state index contributed by atoms with van der Waals surface area (Å²) in [5.74, 6) is -0.0340. The Labute approximate surface area is 117 Å². The van der Waals surface area contributed by atoms with Crippen molar-refractivity contribution in [2.45, 2.75) is 0 Å². The van der Waals surface area contributed by atoms with Crippen LogP contribution in [-0.4, -0.2) is 17.3 Å². The van der Waals surface area contributed by atoms with Crippen LogP contribution in [0.25, 0.3) is 0 Å². The molecule has 0 amide bonds. The fraction of sp³-hybridized carbons (Fsp3) is 0. The number of hydrogen-bond acceptors (Lipinski definition) is 1. The summed E-state index contributed by atoms with van der Waals surface area (Å²) in [4.78, 5) is 7.79. The first-order chi connectivity index (χ1) is 9.13. The van der Waals surface area contributed by atoms with E-state index in [1.165, 1.54) is 0 Å². The van der Waals surface area contributed by atoms with E-state index >= 15 is 0 Å². The molecular weight excluding hydrogens is 258 g/mol. The van der Waals surface area contributed by atoms with Gasteiger partial charge in [-0.15, -0.1) is 0 Å². The molecule has 0 spiro atoms. The highest BCUT2D eigenvalue weighted by molar-refractivity contribution is 6.66. The lowest BCUT2D eigenvalue weighted by Crippen LogP contribution is -1.97. The number of amidine groups is 2. The molecule has 0 atom stereocenters. The Kier molecular flexibility index (Phi) is 6.19. The number of hydrogen-bond donors (Lipinski definition) is 1. The molecule has 1 aromatic carbocycles. The van der Waals surface area contributed by atoms with Gasteiger partial charge in [0.2, 0.25) is 5.29 Å². The first-order valence-electron chi connectivity index (χ1n) is 5.53. The fourth-order valence-corrected chi connectivity index (χ4v) is 1.26. The van der Waals surface area contributed by atoms with Crippen LogP contribution in [0.3, 0.4) is 0 Å². The van der Waals surface area contributed by atoms with E-state index in [2.05, 4.69) is 23.1 Å². The predicted octanol–water partition coefficient (Wildman–Crippen LogP) is 3.98. The number of halogens is 1. The van der Waals surface area contributed by atoms with Gasteiger partial charge >= 0.3 is 0 Å². The Bertz CT molecular complexity index is 554. The topological polar surface area (TPSA) is 48.6 Å². The number of nitrogens with one attached hydrogen (secondary N) is 1. The van der Waals surface area contributed by atoms with Gasteiger partial charge in [0, 0.05) is 11.8 Å². The molecule has 96 valence electrons. The minimum absolute atomic E-state index is 0.0120. The summed E-state index contributed by atoms with van der Waals surface area (Å²) in [6, 6.07) is 9.50. The molecule has 19 heavy (non-hydrogen) atoms. The van der Waals surface area contributed by atoms with E-state index in [-0.39, 0.29) is 11.1 Å². The Morgan fingerprint density at radius 2 is 1.95 bits per heavy atom. The van der Waals surface area contributed by atoms with E-state index in [9.17, 15) is 0 Å². The number of aliphatic imine (C=N–C) groups is 2. The number of benzene rings is 1. The SMILES string of the molecule is C=C/C=C\C(=C)C(=N)N=C(Cl)N=Cc1ccccc1. The molecule has 0 aliphatic carbocycles. The first kappa shape index (κ1) is 14.8. The third kappa shape index (κ3) is 5.75. The lowest BCUT2D eigenvalue weighted by Gasteiger charge is -1.96. The minimum atomic E-state index is -0.0340. The fourth-order valence-electron chi connectivity index (χ4n) is 1.12. The molecule has 0 saturated carbocycles. The molecule has 0 unspecified atom stereocenters. The molecule has 3 nitrogen and oxygen atoms in total. The van der Waals surface area contributed by atoms with Crippen LogP contribution >= 0.6 is 11.6 Å². The molecule has 0 bridgehead atoms. The van der Waals surface area contributed by atoms with Gasteiger partial charge in [-0.05, 0) is 17.2 Å². The maximum Gasteiger partial charge on any atom is 0.224 e.